The fourth-order valence-corrected chi connectivity index (χ4v) is 2.32. The van der Waals surface area contributed by atoms with Crippen LogP contribution >= 0.6 is 0 Å². The Morgan fingerprint density at radius 3 is 2.53 bits per heavy atom. The Morgan fingerprint density at radius 2 is 2.00 bits per heavy atom. The number of nitrogens with one attached hydrogen (secondary N) is 2. The number of aliphatic hydroxyl groups excluding tert-OH is 1. The van der Waals surface area contributed by atoms with Crippen molar-refractivity contribution in [2.24, 2.45) is 0 Å². The van der Waals surface area contributed by atoms with Gasteiger partial charge in [0.2, 0.25) is 10.0 Å². The molecule has 1 rings (SSSR count). The van der Waals surface area contributed by atoms with Gasteiger partial charge in [-0.25, -0.2) is 13.1 Å². The first-order chi connectivity index (χ1) is 8.05. The number of hydrogen-bond donors (Lipinski definition) is 3. The molecule has 1 aromatic carbocycles. The average molecular weight is 258 g/mol. The molecule has 96 valence electrons. The minimum Gasteiger partial charge on any atom is -0.394 e. The summed E-state index contributed by atoms with van der Waals surface area (Å²) in [4.78, 5) is 0.189. The highest BCUT2D eigenvalue weighted by atomic mass is 32.2. The zero-order valence-corrected chi connectivity index (χ0v) is 10.8. The van der Waals surface area contributed by atoms with E-state index in [1.807, 2.05) is 6.92 Å². The third kappa shape index (κ3) is 3.42. The lowest BCUT2D eigenvalue weighted by molar-refractivity contribution is 0.271. The van der Waals surface area contributed by atoms with Crippen LogP contribution in [0.5, 0.6) is 0 Å². The molecule has 1 unspecified atom stereocenters. The van der Waals surface area contributed by atoms with Crippen molar-refractivity contribution in [2.75, 3.05) is 19.0 Å². The number of sulfonamides is 1. The second-order valence-corrected chi connectivity index (χ2v) is 5.49. The smallest absolute Gasteiger partial charge is 0.242 e. The van der Waals surface area contributed by atoms with Crippen LogP contribution in [0.15, 0.2) is 29.2 Å². The highest BCUT2D eigenvalue weighted by molar-refractivity contribution is 7.89. The van der Waals surface area contributed by atoms with Crippen LogP contribution in [-0.2, 0) is 10.0 Å². The molecule has 0 aromatic heterocycles. The monoisotopic (exact) mass is 258 g/mol. The summed E-state index contributed by atoms with van der Waals surface area (Å²) in [6.45, 7) is 1.88. The Hall–Kier alpha value is -1.11. The maximum atomic E-state index is 11.8. The summed E-state index contributed by atoms with van der Waals surface area (Å²) < 4.78 is 25.8. The zero-order valence-electron chi connectivity index (χ0n) is 9.97. The lowest BCUT2D eigenvalue weighted by Gasteiger charge is -2.18. The molecule has 0 heterocycles. The van der Waals surface area contributed by atoms with Crippen LogP contribution in [0.25, 0.3) is 0 Å². The van der Waals surface area contributed by atoms with Crippen molar-refractivity contribution in [1.29, 1.82) is 0 Å². The first-order valence-corrected chi connectivity index (χ1v) is 6.93. The van der Waals surface area contributed by atoms with Crippen molar-refractivity contribution in [3.63, 3.8) is 0 Å². The number of aliphatic hydroxyl groups is 1. The van der Waals surface area contributed by atoms with Gasteiger partial charge in [-0.1, -0.05) is 19.1 Å². The molecule has 0 aliphatic rings. The van der Waals surface area contributed by atoms with Crippen molar-refractivity contribution in [2.45, 2.75) is 24.3 Å². The van der Waals surface area contributed by atoms with Gasteiger partial charge in [-0.05, 0) is 25.6 Å². The average Bonchev–Trinajstić information content (AvgIpc) is 2.36. The highest BCUT2D eigenvalue weighted by Gasteiger charge is 2.17. The summed E-state index contributed by atoms with van der Waals surface area (Å²) in [5.41, 5.74) is 0.503. The molecule has 0 bridgehead atoms. The summed E-state index contributed by atoms with van der Waals surface area (Å²) in [5, 5.41) is 12.1. The molecule has 17 heavy (non-hydrogen) atoms. The van der Waals surface area contributed by atoms with Gasteiger partial charge in [0, 0.05) is 6.04 Å². The van der Waals surface area contributed by atoms with Crippen molar-refractivity contribution in [3.8, 4) is 0 Å². The molecule has 5 nitrogen and oxygen atoms in total. The van der Waals surface area contributed by atoms with Gasteiger partial charge in [-0.3, -0.25) is 0 Å². The molecule has 6 heteroatoms. The fraction of sp³-hybridized carbons (Fsp3) is 0.455. The SMILES string of the molecule is CCC(CO)Nc1ccccc1S(=O)(=O)NC. The molecule has 0 saturated heterocycles. The molecule has 1 atom stereocenters. The number of para-hydroxylation sites is 1. The molecular formula is C11H18N2O3S. The topological polar surface area (TPSA) is 78.4 Å². The molecule has 0 fully saturated rings. The van der Waals surface area contributed by atoms with Crippen LogP contribution in [0, 0.1) is 0 Å². The van der Waals surface area contributed by atoms with Crippen LogP contribution in [0.1, 0.15) is 13.3 Å². The predicted molar refractivity (Wildman–Crippen MR) is 67.5 cm³/mol. The van der Waals surface area contributed by atoms with E-state index in [4.69, 9.17) is 5.11 Å². The van der Waals surface area contributed by atoms with Crippen molar-refractivity contribution in [3.05, 3.63) is 24.3 Å². The molecule has 0 amide bonds. The van der Waals surface area contributed by atoms with E-state index in [1.165, 1.54) is 13.1 Å². The van der Waals surface area contributed by atoms with Crippen molar-refractivity contribution < 1.29 is 13.5 Å². The first kappa shape index (κ1) is 14.0. The van der Waals surface area contributed by atoms with Crippen LogP contribution in [0.3, 0.4) is 0 Å². The van der Waals surface area contributed by atoms with E-state index in [0.29, 0.717) is 12.1 Å². The zero-order chi connectivity index (χ0) is 12.9. The van der Waals surface area contributed by atoms with Crippen LogP contribution in [0.2, 0.25) is 0 Å². The minimum absolute atomic E-state index is 0.0373. The van der Waals surface area contributed by atoms with Gasteiger partial charge in [0.1, 0.15) is 4.90 Å². The quantitative estimate of drug-likeness (QED) is 0.704. The normalized spacial score (nSPS) is 13.4. The van der Waals surface area contributed by atoms with E-state index >= 15 is 0 Å². The van der Waals surface area contributed by atoms with Crippen LogP contribution in [0.4, 0.5) is 5.69 Å². The number of rotatable bonds is 6. The van der Waals surface area contributed by atoms with Gasteiger partial charge in [-0.15, -0.1) is 0 Å². The van der Waals surface area contributed by atoms with Crippen LogP contribution < -0.4 is 10.0 Å². The third-order valence-corrected chi connectivity index (χ3v) is 3.99. The van der Waals surface area contributed by atoms with Gasteiger partial charge in [0.15, 0.2) is 0 Å². The fourth-order valence-electron chi connectivity index (χ4n) is 1.43. The second kappa shape index (κ2) is 6.00. The lowest BCUT2D eigenvalue weighted by atomic mass is 10.2. The standard InChI is InChI=1S/C11H18N2O3S/c1-3-9(8-14)13-10-6-4-5-7-11(10)17(15,16)12-2/h4-7,9,12-14H,3,8H2,1-2H3. The molecule has 0 radical (unpaired) electrons. The minimum atomic E-state index is -3.49. The van der Waals surface area contributed by atoms with E-state index in [-0.39, 0.29) is 17.5 Å². The Balaban J connectivity index is 3.09. The number of benzene rings is 1. The Bertz CT molecular complexity index is 456. The summed E-state index contributed by atoms with van der Waals surface area (Å²) in [6, 6.07) is 6.47. The van der Waals surface area contributed by atoms with E-state index in [1.54, 1.807) is 18.2 Å². The Labute approximate surface area is 102 Å². The van der Waals surface area contributed by atoms with E-state index in [9.17, 15) is 8.42 Å². The van der Waals surface area contributed by atoms with Crippen molar-refractivity contribution in [1.82, 2.24) is 4.72 Å². The molecule has 0 saturated carbocycles. The maximum absolute atomic E-state index is 11.8. The largest absolute Gasteiger partial charge is 0.394 e. The third-order valence-electron chi connectivity index (χ3n) is 2.52. The molecule has 1 aromatic rings. The van der Waals surface area contributed by atoms with E-state index in [0.717, 1.165) is 0 Å². The summed E-state index contributed by atoms with van der Waals surface area (Å²) in [5.74, 6) is 0. The second-order valence-electron chi connectivity index (χ2n) is 3.64. The van der Waals surface area contributed by atoms with Gasteiger partial charge in [0.05, 0.1) is 12.3 Å². The first-order valence-electron chi connectivity index (χ1n) is 5.45. The number of hydrogen-bond acceptors (Lipinski definition) is 4. The van der Waals surface area contributed by atoms with Crippen LogP contribution in [-0.4, -0.2) is 33.2 Å². The molecule has 3 N–H and O–H groups in total. The van der Waals surface area contributed by atoms with E-state index < -0.39 is 10.0 Å². The molecule has 0 aliphatic carbocycles. The molecule has 0 aliphatic heterocycles. The Kier molecular flexibility index (Phi) is 4.92. The summed E-state index contributed by atoms with van der Waals surface area (Å²) in [7, 11) is -2.11. The van der Waals surface area contributed by atoms with Gasteiger partial charge in [-0.2, -0.15) is 0 Å². The van der Waals surface area contributed by atoms with Gasteiger partial charge < -0.3 is 10.4 Å². The summed E-state index contributed by atoms with van der Waals surface area (Å²) in [6.07, 6.45) is 0.713. The van der Waals surface area contributed by atoms with Crippen molar-refractivity contribution >= 4 is 15.7 Å². The Morgan fingerprint density at radius 1 is 1.35 bits per heavy atom. The number of anilines is 1. The summed E-state index contributed by atoms with van der Waals surface area (Å²) >= 11 is 0. The van der Waals surface area contributed by atoms with E-state index in [2.05, 4.69) is 10.0 Å². The van der Waals surface area contributed by atoms with Gasteiger partial charge in [0.25, 0.3) is 0 Å². The molecule has 0 spiro atoms. The maximum Gasteiger partial charge on any atom is 0.242 e. The van der Waals surface area contributed by atoms with Gasteiger partial charge >= 0.3 is 0 Å². The highest BCUT2D eigenvalue weighted by Crippen LogP contribution is 2.21. The molecular weight excluding hydrogens is 240 g/mol. The predicted octanol–water partition coefficient (Wildman–Crippen LogP) is 0.777. The lowest BCUT2D eigenvalue weighted by Crippen LogP contribution is -2.26.